The first kappa shape index (κ1) is 14.8. The molecule has 0 bridgehead atoms. The average molecular weight is 267 g/mol. The fraction of sp³-hybridized carbons (Fsp3) is 0.368. The van der Waals surface area contributed by atoms with E-state index in [9.17, 15) is 0 Å². The van der Waals surface area contributed by atoms with Crippen molar-refractivity contribution in [2.75, 3.05) is 0 Å². The van der Waals surface area contributed by atoms with Gasteiger partial charge in [0.1, 0.15) is 0 Å². The van der Waals surface area contributed by atoms with E-state index in [0.29, 0.717) is 12.1 Å². The van der Waals surface area contributed by atoms with Crippen LogP contribution >= 0.6 is 0 Å². The Morgan fingerprint density at radius 3 is 2.20 bits per heavy atom. The van der Waals surface area contributed by atoms with Crippen LogP contribution in [0.2, 0.25) is 0 Å². The van der Waals surface area contributed by atoms with Gasteiger partial charge in [0.2, 0.25) is 0 Å². The molecule has 0 heterocycles. The molecule has 0 fully saturated rings. The summed E-state index contributed by atoms with van der Waals surface area (Å²) in [6.07, 6.45) is 0. The van der Waals surface area contributed by atoms with Crippen molar-refractivity contribution in [3.63, 3.8) is 0 Å². The molecule has 0 spiro atoms. The fourth-order valence-electron chi connectivity index (χ4n) is 2.73. The van der Waals surface area contributed by atoms with Crippen LogP contribution in [0.1, 0.15) is 53.7 Å². The molecule has 0 aliphatic heterocycles. The Morgan fingerprint density at radius 1 is 0.800 bits per heavy atom. The summed E-state index contributed by atoms with van der Waals surface area (Å²) in [6.45, 7) is 11.0. The van der Waals surface area contributed by atoms with E-state index in [0.717, 1.165) is 0 Å². The van der Waals surface area contributed by atoms with Gasteiger partial charge >= 0.3 is 0 Å². The van der Waals surface area contributed by atoms with Gasteiger partial charge in [0, 0.05) is 12.1 Å². The third-order valence-corrected chi connectivity index (χ3v) is 3.94. The largest absolute Gasteiger partial charge is 0.304 e. The number of hydrogen-bond donors (Lipinski definition) is 1. The van der Waals surface area contributed by atoms with Gasteiger partial charge in [0.25, 0.3) is 0 Å². The first-order chi connectivity index (χ1) is 9.47. The van der Waals surface area contributed by atoms with E-state index in [1.165, 1.54) is 27.8 Å². The molecule has 1 N–H and O–H groups in total. The van der Waals surface area contributed by atoms with Crippen LogP contribution in [-0.4, -0.2) is 0 Å². The van der Waals surface area contributed by atoms with Crippen LogP contribution in [0, 0.1) is 20.8 Å². The van der Waals surface area contributed by atoms with Crippen LogP contribution in [0.4, 0.5) is 0 Å². The molecule has 0 saturated carbocycles. The monoisotopic (exact) mass is 267 g/mol. The summed E-state index contributed by atoms with van der Waals surface area (Å²) in [5.41, 5.74) is 6.73. The molecule has 0 saturated heterocycles. The lowest BCUT2D eigenvalue weighted by Crippen LogP contribution is -2.23. The highest BCUT2D eigenvalue weighted by Crippen LogP contribution is 2.23. The highest BCUT2D eigenvalue weighted by Gasteiger charge is 2.13. The van der Waals surface area contributed by atoms with Gasteiger partial charge in [0.05, 0.1) is 0 Å². The van der Waals surface area contributed by atoms with E-state index in [1.54, 1.807) is 0 Å². The third kappa shape index (κ3) is 3.49. The molecule has 0 aliphatic rings. The predicted molar refractivity (Wildman–Crippen MR) is 87.1 cm³/mol. The van der Waals surface area contributed by atoms with Gasteiger partial charge < -0.3 is 5.32 Å². The Balaban J connectivity index is 2.15. The maximum absolute atomic E-state index is 3.71. The molecule has 0 radical (unpaired) electrons. The maximum Gasteiger partial charge on any atom is 0.0300 e. The SMILES string of the molecule is Cc1cccc(C(C)NC(C)c2cc(C)ccc2C)c1. The molecule has 1 nitrogen and oxygen atoms in total. The Hall–Kier alpha value is -1.60. The second-order valence-electron chi connectivity index (χ2n) is 5.88. The minimum Gasteiger partial charge on any atom is -0.304 e. The molecule has 20 heavy (non-hydrogen) atoms. The molecule has 0 aromatic heterocycles. The van der Waals surface area contributed by atoms with Crippen molar-refractivity contribution in [1.82, 2.24) is 5.32 Å². The molecule has 0 amide bonds. The smallest absolute Gasteiger partial charge is 0.0300 e. The van der Waals surface area contributed by atoms with Crippen LogP contribution in [0.15, 0.2) is 42.5 Å². The number of benzene rings is 2. The lowest BCUT2D eigenvalue weighted by molar-refractivity contribution is 0.493. The van der Waals surface area contributed by atoms with E-state index in [2.05, 4.69) is 82.4 Å². The zero-order valence-corrected chi connectivity index (χ0v) is 13.2. The standard InChI is InChI=1S/C19H25N/c1-13-7-6-8-18(11-13)16(4)20-17(5)19-12-14(2)9-10-15(19)3/h6-12,16-17,20H,1-5H3. The van der Waals surface area contributed by atoms with Gasteiger partial charge in [-0.05, 0) is 51.3 Å². The minimum absolute atomic E-state index is 0.352. The molecule has 1 heteroatoms. The Kier molecular flexibility index (Phi) is 4.61. The lowest BCUT2D eigenvalue weighted by Gasteiger charge is -2.23. The molecule has 0 aliphatic carbocycles. The average Bonchev–Trinajstić information content (AvgIpc) is 2.41. The summed E-state index contributed by atoms with van der Waals surface area (Å²) in [5.74, 6) is 0. The van der Waals surface area contributed by atoms with E-state index in [4.69, 9.17) is 0 Å². The van der Waals surface area contributed by atoms with Crippen molar-refractivity contribution in [1.29, 1.82) is 0 Å². The van der Waals surface area contributed by atoms with E-state index in [-0.39, 0.29) is 0 Å². The topological polar surface area (TPSA) is 12.0 Å². The predicted octanol–water partition coefficient (Wildman–Crippen LogP) is 5.02. The van der Waals surface area contributed by atoms with Crippen molar-refractivity contribution in [2.24, 2.45) is 0 Å². The van der Waals surface area contributed by atoms with Crippen molar-refractivity contribution in [3.05, 3.63) is 70.3 Å². The molecular weight excluding hydrogens is 242 g/mol. The maximum atomic E-state index is 3.71. The van der Waals surface area contributed by atoms with Crippen molar-refractivity contribution >= 4 is 0 Å². The quantitative estimate of drug-likeness (QED) is 0.819. The van der Waals surface area contributed by atoms with Crippen molar-refractivity contribution in [2.45, 2.75) is 46.7 Å². The molecule has 2 atom stereocenters. The molecule has 2 aromatic carbocycles. The summed E-state index contributed by atoms with van der Waals surface area (Å²) in [7, 11) is 0. The van der Waals surface area contributed by atoms with E-state index in [1.807, 2.05) is 0 Å². The lowest BCUT2D eigenvalue weighted by atomic mass is 9.98. The van der Waals surface area contributed by atoms with Crippen LogP contribution < -0.4 is 5.32 Å². The molecular formula is C19H25N. The second-order valence-corrected chi connectivity index (χ2v) is 5.88. The first-order valence-corrected chi connectivity index (χ1v) is 7.37. The van der Waals surface area contributed by atoms with Crippen molar-refractivity contribution < 1.29 is 0 Å². The van der Waals surface area contributed by atoms with Gasteiger partial charge in [-0.25, -0.2) is 0 Å². The van der Waals surface area contributed by atoms with Crippen LogP contribution in [0.3, 0.4) is 0 Å². The Morgan fingerprint density at radius 2 is 1.50 bits per heavy atom. The highest BCUT2D eigenvalue weighted by molar-refractivity contribution is 5.33. The fourth-order valence-corrected chi connectivity index (χ4v) is 2.73. The number of aryl methyl sites for hydroxylation is 3. The summed E-state index contributed by atoms with van der Waals surface area (Å²) >= 11 is 0. The minimum atomic E-state index is 0.352. The van der Waals surface area contributed by atoms with Crippen LogP contribution in [-0.2, 0) is 0 Å². The molecule has 2 unspecified atom stereocenters. The molecule has 2 rings (SSSR count). The second kappa shape index (κ2) is 6.23. The van der Waals surface area contributed by atoms with Crippen LogP contribution in [0.25, 0.3) is 0 Å². The summed E-state index contributed by atoms with van der Waals surface area (Å²) in [6, 6.07) is 16.1. The number of nitrogens with one attached hydrogen (secondary N) is 1. The van der Waals surface area contributed by atoms with Gasteiger partial charge in [-0.3, -0.25) is 0 Å². The zero-order valence-electron chi connectivity index (χ0n) is 13.2. The highest BCUT2D eigenvalue weighted by atomic mass is 14.9. The van der Waals surface area contributed by atoms with E-state index >= 15 is 0 Å². The van der Waals surface area contributed by atoms with Crippen molar-refractivity contribution in [3.8, 4) is 0 Å². The third-order valence-electron chi connectivity index (χ3n) is 3.94. The first-order valence-electron chi connectivity index (χ1n) is 7.37. The zero-order chi connectivity index (χ0) is 14.7. The van der Waals surface area contributed by atoms with Gasteiger partial charge in [0.15, 0.2) is 0 Å². The Bertz CT molecular complexity index is 586. The normalized spacial score (nSPS) is 14.1. The summed E-state index contributed by atoms with van der Waals surface area (Å²) in [5, 5.41) is 3.71. The number of rotatable bonds is 4. The van der Waals surface area contributed by atoms with Gasteiger partial charge in [-0.15, -0.1) is 0 Å². The molecule has 2 aromatic rings. The molecule has 106 valence electrons. The summed E-state index contributed by atoms with van der Waals surface area (Å²) < 4.78 is 0. The van der Waals surface area contributed by atoms with E-state index < -0.39 is 0 Å². The van der Waals surface area contributed by atoms with Gasteiger partial charge in [-0.1, -0.05) is 53.6 Å². The van der Waals surface area contributed by atoms with Gasteiger partial charge in [-0.2, -0.15) is 0 Å². The number of hydrogen-bond acceptors (Lipinski definition) is 1. The summed E-state index contributed by atoms with van der Waals surface area (Å²) in [4.78, 5) is 0. The van der Waals surface area contributed by atoms with Crippen LogP contribution in [0.5, 0.6) is 0 Å². The Labute approximate surface area is 123 Å².